The third-order valence-electron chi connectivity index (χ3n) is 4.80. The Balaban J connectivity index is 1.84. The summed E-state index contributed by atoms with van der Waals surface area (Å²) in [5, 5.41) is 2.75. The van der Waals surface area contributed by atoms with Crippen LogP contribution in [0.1, 0.15) is 47.5 Å². The summed E-state index contributed by atoms with van der Waals surface area (Å²) in [6, 6.07) is 8.57. The van der Waals surface area contributed by atoms with Gasteiger partial charge in [0.2, 0.25) is 0 Å². The van der Waals surface area contributed by atoms with Crippen molar-refractivity contribution in [1.82, 2.24) is 10.2 Å². The molecule has 0 aliphatic carbocycles. The van der Waals surface area contributed by atoms with E-state index in [-0.39, 0.29) is 17.9 Å². The number of hydrogen-bond donors (Lipinski definition) is 1. The van der Waals surface area contributed by atoms with Crippen LogP contribution in [0.15, 0.2) is 41.0 Å². The van der Waals surface area contributed by atoms with E-state index in [1.807, 2.05) is 24.3 Å². The highest BCUT2D eigenvalue weighted by Gasteiger charge is 2.49. The van der Waals surface area contributed by atoms with Crippen molar-refractivity contribution in [1.29, 1.82) is 0 Å². The van der Waals surface area contributed by atoms with Crippen LogP contribution in [-0.4, -0.2) is 29.9 Å². The summed E-state index contributed by atoms with van der Waals surface area (Å²) in [7, 11) is 1.26. The van der Waals surface area contributed by atoms with E-state index in [4.69, 9.17) is 9.15 Å². The van der Waals surface area contributed by atoms with Crippen molar-refractivity contribution in [2.45, 2.75) is 38.8 Å². The summed E-state index contributed by atoms with van der Waals surface area (Å²) in [5.74, 6) is -0.782. The zero-order valence-corrected chi connectivity index (χ0v) is 15.6. The average molecular weight is 370 g/mol. The lowest BCUT2D eigenvalue weighted by Crippen LogP contribution is -2.40. The molecule has 0 saturated carbocycles. The number of ether oxygens (including phenoxy) is 1. The van der Waals surface area contributed by atoms with E-state index < -0.39 is 23.4 Å². The smallest absolute Gasteiger partial charge is 0.341 e. The third kappa shape index (κ3) is 3.32. The SMILES string of the molecule is CCCc1ccc(C2(C)NC(=O)N(Cc3occc3C(=O)OC)C2=O)cc1. The van der Waals surface area contributed by atoms with E-state index in [0.717, 1.165) is 17.7 Å². The van der Waals surface area contributed by atoms with Crippen LogP contribution in [0.25, 0.3) is 0 Å². The second-order valence-electron chi connectivity index (χ2n) is 6.64. The molecule has 1 aliphatic heterocycles. The van der Waals surface area contributed by atoms with Crippen molar-refractivity contribution in [3.63, 3.8) is 0 Å². The molecule has 1 atom stereocenters. The molecule has 1 unspecified atom stereocenters. The molecule has 27 heavy (non-hydrogen) atoms. The van der Waals surface area contributed by atoms with Crippen LogP contribution in [0.4, 0.5) is 4.79 Å². The quantitative estimate of drug-likeness (QED) is 0.624. The van der Waals surface area contributed by atoms with Crippen LogP contribution in [-0.2, 0) is 28.0 Å². The molecule has 3 amide bonds. The largest absolute Gasteiger partial charge is 0.467 e. The maximum Gasteiger partial charge on any atom is 0.341 e. The Morgan fingerprint density at radius 2 is 1.93 bits per heavy atom. The highest BCUT2D eigenvalue weighted by molar-refractivity contribution is 6.07. The number of carbonyl (C=O) groups is 3. The lowest BCUT2D eigenvalue weighted by atomic mass is 9.91. The number of carbonyl (C=O) groups excluding carboxylic acids is 3. The molecule has 7 nitrogen and oxygen atoms in total. The van der Waals surface area contributed by atoms with E-state index in [1.165, 1.54) is 25.0 Å². The number of esters is 1. The molecule has 1 aromatic heterocycles. The van der Waals surface area contributed by atoms with Gasteiger partial charge in [-0.2, -0.15) is 0 Å². The molecule has 1 fully saturated rings. The monoisotopic (exact) mass is 370 g/mol. The zero-order chi connectivity index (χ0) is 19.6. The average Bonchev–Trinajstić information content (AvgIpc) is 3.21. The number of imide groups is 1. The van der Waals surface area contributed by atoms with Gasteiger partial charge in [-0.3, -0.25) is 9.69 Å². The van der Waals surface area contributed by atoms with Gasteiger partial charge in [-0.25, -0.2) is 9.59 Å². The first-order valence-electron chi connectivity index (χ1n) is 8.79. The van der Waals surface area contributed by atoms with Crippen molar-refractivity contribution >= 4 is 17.9 Å². The fourth-order valence-corrected chi connectivity index (χ4v) is 3.23. The molecule has 1 aliphatic rings. The van der Waals surface area contributed by atoms with Crippen LogP contribution < -0.4 is 5.32 Å². The van der Waals surface area contributed by atoms with Gasteiger partial charge in [-0.1, -0.05) is 37.6 Å². The summed E-state index contributed by atoms with van der Waals surface area (Å²) in [6.07, 6.45) is 3.32. The second kappa shape index (κ2) is 7.26. The fourth-order valence-electron chi connectivity index (χ4n) is 3.23. The minimum Gasteiger partial charge on any atom is -0.467 e. The number of urea groups is 1. The van der Waals surface area contributed by atoms with Gasteiger partial charge in [-0.15, -0.1) is 0 Å². The van der Waals surface area contributed by atoms with Gasteiger partial charge in [0.15, 0.2) is 0 Å². The number of hydrogen-bond acceptors (Lipinski definition) is 5. The molecule has 7 heteroatoms. The molecule has 0 radical (unpaired) electrons. The normalized spacial score (nSPS) is 19.3. The summed E-state index contributed by atoms with van der Waals surface area (Å²) in [4.78, 5) is 38.3. The molecule has 142 valence electrons. The van der Waals surface area contributed by atoms with E-state index in [1.54, 1.807) is 6.92 Å². The Bertz CT molecular complexity index is 871. The van der Waals surface area contributed by atoms with E-state index in [9.17, 15) is 14.4 Å². The predicted molar refractivity (Wildman–Crippen MR) is 96.9 cm³/mol. The third-order valence-corrected chi connectivity index (χ3v) is 4.80. The van der Waals surface area contributed by atoms with Crippen LogP contribution in [0, 0.1) is 0 Å². The molecule has 0 bridgehead atoms. The Morgan fingerprint density at radius 3 is 2.56 bits per heavy atom. The molecule has 1 aromatic carbocycles. The number of amides is 3. The number of benzene rings is 1. The van der Waals surface area contributed by atoms with E-state index >= 15 is 0 Å². The molecule has 1 saturated heterocycles. The lowest BCUT2D eigenvalue weighted by molar-refractivity contribution is -0.131. The number of methoxy groups -OCH3 is 1. The predicted octanol–water partition coefficient (Wildman–Crippen LogP) is 2.99. The molecule has 1 N–H and O–H groups in total. The van der Waals surface area contributed by atoms with E-state index in [0.29, 0.717) is 5.56 Å². The van der Waals surface area contributed by atoms with Gasteiger partial charge < -0.3 is 14.5 Å². The number of rotatable bonds is 6. The second-order valence-corrected chi connectivity index (χ2v) is 6.64. The molecular formula is C20H22N2O5. The van der Waals surface area contributed by atoms with Gasteiger partial charge in [-0.05, 0) is 30.5 Å². The van der Waals surface area contributed by atoms with E-state index in [2.05, 4.69) is 12.2 Å². The first kappa shape index (κ1) is 18.7. The molecule has 0 spiro atoms. The maximum atomic E-state index is 13.0. The first-order chi connectivity index (χ1) is 12.9. The number of furan rings is 1. The Morgan fingerprint density at radius 1 is 1.22 bits per heavy atom. The lowest BCUT2D eigenvalue weighted by Gasteiger charge is -2.22. The molecule has 2 heterocycles. The molecule has 2 aromatic rings. The number of nitrogens with one attached hydrogen (secondary N) is 1. The summed E-state index contributed by atoms with van der Waals surface area (Å²) in [6.45, 7) is 3.63. The Kier molecular flexibility index (Phi) is 5.03. The van der Waals surface area contributed by atoms with Gasteiger partial charge >= 0.3 is 12.0 Å². The van der Waals surface area contributed by atoms with Crippen LogP contribution >= 0.6 is 0 Å². The van der Waals surface area contributed by atoms with Gasteiger partial charge in [0.25, 0.3) is 5.91 Å². The maximum absolute atomic E-state index is 13.0. The van der Waals surface area contributed by atoms with Gasteiger partial charge in [0, 0.05) is 0 Å². The fraction of sp³-hybridized carbons (Fsp3) is 0.350. The summed E-state index contributed by atoms with van der Waals surface area (Å²) < 4.78 is 9.98. The van der Waals surface area contributed by atoms with Crippen molar-refractivity contribution in [2.24, 2.45) is 0 Å². The summed E-state index contributed by atoms with van der Waals surface area (Å²) in [5.41, 5.74) is 0.906. The van der Waals surface area contributed by atoms with Gasteiger partial charge in [0.05, 0.1) is 19.9 Å². The zero-order valence-electron chi connectivity index (χ0n) is 15.6. The van der Waals surface area contributed by atoms with Crippen molar-refractivity contribution < 1.29 is 23.5 Å². The minimum absolute atomic E-state index is 0.147. The Labute approximate surface area is 157 Å². The van der Waals surface area contributed by atoms with Crippen molar-refractivity contribution in [3.05, 3.63) is 59.0 Å². The van der Waals surface area contributed by atoms with Crippen LogP contribution in [0.5, 0.6) is 0 Å². The number of nitrogens with zero attached hydrogens (tertiary/aromatic N) is 1. The highest BCUT2D eigenvalue weighted by atomic mass is 16.5. The van der Waals surface area contributed by atoms with Gasteiger partial charge in [0.1, 0.15) is 16.9 Å². The Hall–Kier alpha value is -3.09. The first-order valence-corrected chi connectivity index (χ1v) is 8.79. The molecular weight excluding hydrogens is 348 g/mol. The van der Waals surface area contributed by atoms with Crippen LogP contribution in [0.2, 0.25) is 0 Å². The molecule has 3 rings (SSSR count). The minimum atomic E-state index is -1.17. The van der Waals surface area contributed by atoms with Crippen molar-refractivity contribution in [3.8, 4) is 0 Å². The summed E-state index contributed by atoms with van der Waals surface area (Å²) >= 11 is 0. The highest BCUT2D eigenvalue weighted by Crippen LogP contribution is 2.30. The van der Waals surface area contributed by atoms with Crippen LogP contribution in [0.3, 0.4) is 0 Å². The standard InChI is InChI=1S/C20H22N2O5/c1-4-5-13-6-8-14(9-7-13)20(2)18(24)22(19(25)21-20)12-16-15(10-11-27-16)17(23)26-3/h6-11H,4-5,12H2,1-3H3,(H,21,25). The number of aryl methyl sites for hydroxylation is 1. The topological polar surface area (TPSA) is 88.8 Å². The van der Waals surface area contributed by atoms with Crippen molar-refractivity contribution in [2.75, 3.05) is 7.11 Å².